The molecule has 0 spiro atoms. The van der Waals surface area contributed by atoms with Crippen molar-refractivity contribution < 1.29 is 57.2 Å². The number of hydrogen-bond donors (Lipinski definition) is 3. The van der Waals surface area contributed by atoms with E-state index in [0.29, 0.717) is 6.42 Å². The smallest absolute Gasteiger partial charge is 0.246 e. The van der Waals surface area contributed by atoms with Crippen LogP contribution in [-0.2, 0) is 57.2 Å². The van der Waals surface area contributed by atoms with Crippen molar-refractivity contribution in [2.45, 2.75) is 276 Å². The number of carbonyl (C=O) groups excluding carboxylic acids is 11. The Morgan fingerprint density at radius 3 is 1.22 bits per heavy atom. The predicted molar refractivity (Wildman–Crippen MR) is 375 cm³/mol. The lowest BCUT2D eigenvalue weighted by Crippen LogP contribution is -2.65. The lowest BCUT2D eigenvalue weighted by molar-refractivity contribution is -0.157. The van der Waals surface area contributed by atoms with Gasteiger partial charge in [0, 0.05) is 61.7 Å². The SMILES string of the molecule is C/C=C/C[C@@H](C)[C@@H](O[Si](C)(C)C(C)(C)C)[C@@H]1C(=O)N[C@H](C(C)C)C(=O)N(C)[C@H](C)C(=O)N(C)[C@@H](CC(C)C)C(=O)N[C@H](C(C)C)C(=O)N(C)[C@H](CC(C)C)C(=O)N[C@H](C)C(=O)C[C@@H](C)C(=O)N(C)[C@H](CC(C)C)C(=O)N(C)[C@H](CC(C)C)C(=O)N(C)[C@H](C(C)C)C(=O)N1C. The first-order valence-electron chi connectivity index (χ1n) is 34.5. The first-order chi connectivity index (χ1) is 42.9. The van der Waals surface area contributed by atoms with Crippen LogP contribution in [0.15, 0.2) is 12.2 Å². The average Bonchev–Trinajstić information content (AvgIpc) is 0.792. The van der Waals surface area contributed by atoms with Gasteiger partial charge in [0.1, 0.15) is 54.4 Å². The van der Waals surface area contributed by atoms with E-state index < -0.39 is 169 Å². The van der Waals surface area contributed by atoms with E-state index in [1.54, 1.807) is 48.5 Å². The number of nitrogens with zero attached hydrogens (tertiary/aromatic N) is 7. The first-order valence-corrected chi connectivity index (χ1v) is 37.5. The Morgan fingerprint density at radius 2 is 0.819 bits per heavy atom. The highest BCUT2D eigenvalue weighted by Gasteiger charge is 2.50. The Bertz CT molecular complexity index is 2620. The second-order valence-corrected chi connectivity index (χ2v) is 36.2. The molecule has 1 heterocycles. The molecule has 0 aromatic heterocycles. The molecule has 23 heteroatoms. The maximum atomic E-state index is 15.9. The topological polar surface area (TPSA) is 256 Å². The Balaban J connectivity index is 4.66. The summed E-state index contributed by atoms with van der Waals surface area (Å²) >= 11 is 0. The van der Waals surface area contributed by atoms with Crippen molar-refractivity contribution in [2.75, 3.05) is 49.3 Å². The molecule has 0 radical (unpaired) electrons. The molecule has 0 unspecified atom stereocenters. The quantitative estimate of drug-likeness (QED) is 0.0924. The van der Waals surface area contributed by atoms with Gasteiger partial charge in [-0.1, -0.05) is 144 Å². The number of amides is 10. The van der Waals surface area contributed by atoms with Crippen molar-refractivity contribution in [1.82, 2.24) is 50.2 Å². The highest BCUT2D eigenvalue weighted by Crippen LogP contribution is 2.40. The third-order valence-electron chi connectivity index (χ3n) is 19.3. The van der Waals surface area contributed by atoms with E-state index >= 15 is 24.0 Å². The molecule has 0 aromatic carbocycles. The van der Waals surface area contributed by atoms with Gasteiger partial charge in [-0.05, 0) is 118 Å². The second-order valence-electron chi connectivity index (χ2n) is 31.4. The number of likely N-dealkylation sites (N-methyl/N-ethyl adjacent to an activating group) is 7. The molecule has 0 aliphatic carbocycles. The standard InChI is InChI=1S/C71H130N10O12Si/c1-32-33-34-47(16)60(93-94(30,31)71(20,21)22)59-63(85)74-56(44(10)11)68(90)75(23)50(19)65(87)76(24)52(36-41(4)5)62(84)73-57(45(12)13)69(91)77(25)51(35-40(2)3)61(83)72-49(18)55(82)39-48(17)64(86)78(26)53(37-42(6)7)66(88)79(27)54(38-43(8)9)67(89)80(28)58(46(14)15)70(92)81(59)29/h32-33,40-54,56-60H,34-39H2,1-31H3,(H,72,83)(H,73,84)(H,74,85)/b33-32+/t47-,48-,49-,50-,51-,52+,53-,54-,56-,57-,58-,59-,60-/m1/s1. The number of nitrogens with one attached hydrogen (secondary N) is 3. The van der Waals surface area contributed by atoms with Crippen molar-refractivity contribution in [1.29, 1.82) is 0 Å². The van der Waals surface area contributed by atoms with Crippen molar-refractivity contribution in [3.63, 3.8) is 0 Å². The highest BCUT2D eigenvalue weighted by molar-refractivity contribution is 6.74. The molecule has 0 saturated carbocycles. The molecule has 3 N–H and O–H groups in total. The van der Waals surface area contributed by atoms with Gasteiger partial charge in [-0.2, -0.15) is 0 Å². The highest BCUT2D eigenvalue weighted by atomic mass is 28.4. The van der Waals surface area contributed by atoms with Crippen molar-refractivity contribution in [2.24, 2.45) is 53.3 Å². The monoisotopic (exact) mass is 1340 g/mol. The predicted octanol–water partition coefficient (Wildman–Crippen LogP) is 8.02. The van der Waals surface area contributed by atoms with E-state index in [4.69, 9.17) is 4.43 Å². The first kappa shape index (κ1) is 86.3. The molecule has 0 aromatic rings. The van der Waals surface area contributed by atoms with Crippen molar-refractivity contribution in [3.8, 4) is 0 Å². The molecular formula is C71H130N10O12Si. The molecule has 13 atom stereocenters. The molecule has 540 valence electrons. The van der Waals surface area contributed by atoms with Crippen LogP contribution in [0.5, 0.6) is 0 Å². The van der Waals surface area contributed by atoms with Crippen molar-refractivity contribution >= 4 is 73.2 Å². The molecule has 0 bridgehead atoms. The summed E-state index contributed by atoms with van der Waals surface area (Å²) in [6, 6.07) is -11.9. The van der Waals surface area contributed by atoms with Gasteiger partial charge in [-0.15, -0.1) is 0 Å². The summed E-state index contributed by atoms with van der Waals surface area (Å²) in [6.45, 7) is 44.6. The summed E-state index contributed by atoms with van der Waals surface area (Å²) in [5.74, 6) is -10.1. The fourth-order valence-electron chi connectivity index (χ4n) is 11.9. The maximum absolute atomic E-state index is 15.9. The Morgan fingerprint density at radius 1 is 0.457 bits per heavy atom. The van der Waals surface area contributed by atoms with E-state index in [1.807, 2.05) is 81.4 Å². The maximum Gasteiger partial charge on any atom is 0.246 e. The summed E-state index contributed by atoms with van der Waals surface area (Å²) in [7, 11) is 7.60. The Labute approximate surface area is 568 Å². The largest absolute Gasteiger partial charge is 0.411 e. The van der Waals surface area contributed by atoms with Crippen LogP contribution in [0.1, 0.15) is 191 Å². The zero-order valence-electron chi connectivity index (χ0n) is 64.0. The molecular weight excluding hydrogens is 1210 g/mol. The molecule has 22 nitrogen and oxygen atoms in total. The molecule has 94 heavy (non-hydrogen) atoms. The van der Waals surface area contributed by atoms with Gasteiger partial charge in [0.2, 0.25) is 59.1 Å². The zero-order chi connectivity index (χ0) is 73.4. The van der Waals surface area contributed by atoms with Gasteiger partial charge in [-0.3, -0.25) is 52.7 Å². The normalized spacial score (nSPS) is 26.8. The van der Waals surface area contributed by atoms with Gasteiger partial charge in [-0.25, -0.2) is 0 Å². The molecule has 1 aliphatic heterocycles. The minimum atomic E-state index is -2.82. The van der Waals surface area contributed by atoms with Crippen LogP contribution in [0.4, 0.5) is 0 Å². The minimum Gasteiger partial charge on any atom is -0.411 e. The summed E-state index contributed by atoms with van der Waals surface area (Å²) < 4.78 is 7.31. The van der Waals surface area contributed by atoms with Crippen LogP contribution in [0.3, 0.4) is 0 Å². The van der Waals surface area contributed by atoms with Crippen LogP contribution < -0.4 is 16.0 Å². The van der Waals surface area contributed by atoms with E-state index in [2.05, 4.69) is 49.8 Å². The number of Topliss-reactive ketones (excluding diaryl/α,β-unsaturated/α-hetero) is 1. The van der Waals surface area contributed by atoms with Gasteiger partial charge >= 0.3 is 0 Å². The molecule has 10 amide bonds. The number of ketones is 1. The lowest BCUT2D eigenvalue weighted by Gasteiger charge is -2.46. The van der Waals surface area contributed by atoms with Gasteiger partial charge < -0.3 is 54.7 Å². The van der Waals surface area contributed by atoms with E-state index in [-0.39, 0.29) is 60.8 Å². The molecule has 1 aliphatic rings. The van der Waals surface area contributed by atoms with Gasteiger partial charge in [0.05, 0.1) is 12.1 Å². The van der Waals surface area contributed by atoms with Crippen LogP contribution in [0.25, 0.3) is 0 Å². The second kappa shape index (κ2) is 37.1. The van der Waals surface area contributed by atoms with E-state index in [0.717, 1.165) is 0 Å². The number of carbonyl (C=O) groups is 11. The third kappa shape index (κ3) is 23.3. The summed E-state index contributed by atoms with van der Waals surface area (Å²) in [6.07, 6.45) is 3.73. The number of hydrogen-bond acceptors (Lipinski definition) is 12. The molecule has 1 saturated heterocycles. The van der Waals surface area contributed by atoms with E-state index in [9.17, 15) is 28.8 Å². The third-order valence-corrected chi connectivity index (χ3v) is 23.7. The summed E-state index contributed by atoms with van der Waals surface area (Å²) in [5, 5.41) is 8.38. The molecule has 1 fully saturated rings. The fourth-order valence-corrected chi connectivity index (χ4v) is 13.3. The number of rotatable bonds is 17. The molecule has 1 rings (SSSR count). The van der Waals surface area contributed by atoms with Crippen LogP contribution in [-0.4, -0.2) is 223 Å². The summed E-state index contributed by atoms with van der Waals surface area (Å²) in [4.78, 5) is 174. The summed E-state index contributed by atoms with van der Waals surface area (Å²) in [5.41, 5.74) is 0. The van der Waals surface area contributed by atoms with Gasteiger partial charge in [0.15, 0.2) is 14.1 Å². The Hall–Kier alpha value is -5.71. The van der Waals surface area contributed by atoms with Crippen molar-refractivity contribution in [3.05, 3.63) is 12.2 Å². The number of allylic oxidation sites excluding steroid dienone is 2. The fraction of sp³-hybridized carbons (Fsp3) is 0.817. The zero-order valence-corrected chi connectivity index (χ0v) is 65.0. The van der Waals surface area contributed by atoms with E-state index in [1.165, 1.54) is 97.5 Å². The minimum absolute atomic E-state index is 0.117. The average molecular weight is 1340 g/mol. The van der Waals surface area contributed by atoms with Crippen LogP contribution in [0.2, 0.25) is 18.1 Å². The van der Waals surface area contributed by atoms with Crippen LogP contribution >= 0.6 is 0 Å². The lowest BCUT2D eigenvalue weighted by atomic mass is 9.91. The van der Waals surface area contributed by atoms with Gasteiger partial charge in [0.25, 0.3) is 0 Å². The van der Waals surface area contributed by atoms with Crippen LogP contribution in [0, 0.1) is 53.3 Å². The Kier molecular flexibility index (Phi) is 34.1.